The van der Waals surface area contributed by atoms with E-state index in [9.17, 15) is 4.79 Å². The standard InChI is InChI=1S/C19H19N3O3/c1-13(2)18-21-19(25-22-18)14-7-6-10-16(11-14)24-12-17(23)20-15-8-4-3-5-9-15/h3-11,13H,12H2,1-2H3,(H,20,23). The molecule has 3 rings (SSSR count). The van der Waals surface area contributed by atoms with Crippen LogP contribution in [0.15, 0.2) is 59.1 Å². The first-order valence-electron chi connectivity index (χ1n) is 8.03. The van der Waals surface area contributed by atoms with Crippen LogP contribution in [0, 0.1) is 0 Å². The van der Waals surface area contributed by atoms with Crippen LogP contribution in [0.5, 0.6) is 5.75 Å². The van der Waals surface area contributed by atoms with Gasteiger partial charge in [0, 0.05) is 17.2 Å². The molecule has 6 heteroatoms. The summed E-state index contributed by atoms with van der Waals surface area (Å²) in [6.07, 6.45) is 0. The van der Waals surface area contributed by atoms with E-state index in [2.05, 4.69) is 15.5 Å². The summed E-state index contributed by atoms with van der Waals surface area (Å²) in [4.78, 5) is 16.3. The molecule has 0 spiro atoms. The molecule has 0 aliphatic heterocycles. The van der Waals surface area contributed by atoms with Gasteiger partial charge in [-0.3, -0.25) is 4.79 Å². The van der Waals surface area contributed by atoms with Crippen molar-refractivity contribution in [2.45, 2.75) is 19.8 Å². The Kier molecular flexibility index (Phi) is 5.09. The van der Waals surface area contributed by atoms with Crippen LogP contribution in [0.4, 0.5) is 5.69 Å². The molecule has 3 aromatic rings. The Hall–Kier alpha value is -3.15. The van der Waals surface area contributed by atoms with Gasteiger partial charge >= 0.3 is 0 Å². The lowest BCUT2D eigenvalue weighted by Gasteiger charge is -2.08. The van der Waals surface area contributed by atoms with Gasteiger partial charge < -0.3 is 14.6 Å². The Morgan fingerprint density at radius 1 is 1.16 bits per heavy atom. The van der Waals surface area contributed by atoms with Crippen LogP contribution in [0.3, 0.4) is 0 Å². The Labute approximate surface area is 145 Å². The second-order valence-corrected chi connectivity index (χ2v) is 5.84. The van der Waals surface area contributed by atoms with Crippen molar-refractivity contribution in [1.82, 2.24) is 10.1 Å². The van der Waals surface area contributed by atoms with Gasteiger partial charge in [-0.05, 0) is 30.3 Å². The molecule has 0 aliphatic rings. The molecule has 2 aromatic carbocycles. The van der Waals surface area contributed by atoms with Gasteiger partial charge in [-0.2, -0.15) is 4.98 Å². The highest BCUT2D eigenvalue weighted by Crippen LogP contribution is 2.24. The Morgan fingerprint density at radius 3 is 2.68 bits per heavy atom. The molecule has 0 fully saturated rings. The molecular weight excluding hydrogens is 318 g/mol. The van der Waals surface area contributed by atoms with E-state index < -0.39 is 0 Å². The summed E-state index contributed by atoms with van der Waals surface area (Å²) in [5.74, 6) is 1.62. The van der Waals surface area contributed by atoms with Crippen molar-refractivity contribution in [3.8, 4) is 17.2 Å². The predicted molar refractivity (Wildman–Crippen MR) is 94.4 cm³/mol. The normalized spacial score (nSPS) is 10.7. The smallest absolute Gasteiger partial charge is 0.262 e. The number of carbonyl (C=O) groups excluding carboxylic acids is 1. The number of benzene rings is 2. The number of carbonyl (C=O) groups is 1. The summed E-state index contributed by atoms with van der Waals surface area (Å²) in [5, 5.41) is 6.72. The van der Waals surface area contributed by atoms with E-state index in [1.165, 1.54) is 0 Å². The second kappa shape index (κ2) is 7.61. The van der Waals surface area contributed by atoms with E-state index in [-0.39, 0.29) is 18.4 Å². The van der Waals surface area contributed by atoms with Crippen LogP contribution in [0.2, 0.25) is 0 Å². The predicted octanol–water partition coefficient (Wildman–Crippen LogP) is 3.88. The molecule has 0 radical (unpaired) electrons. The van der Waals surface area contributed by atoms with Crippen molar-refractivity contribution in [1.29, 1.82) is 0 Å². The number of nitrogens with one attached hydrogen (secondary N) is 1. The van der Waals surface area contributed by atoms with E-state index in [0.717, 1.165) is 11.3 Å². The minimum atomic E-state index is -0.225. The van der Waals surface area contributed by atoms with Crippen molar-refractivity contribution in [2.75, 3.05) is 11.9 Å². The molecule has 0 bridgehead atoms. The molecule has 128 valence electrons. The summed E-state index contributed by atoms with van der Waals surface area (Å²) in [5.41, 5.74) is 1.48. The lowest BCUT2D eigenvalue weighted by Crippen LogP contribution is -2.20. The third kappa shape index (κ3) is 4.44. The van der Waals surface area contributed by atoms with Crippen molar-refractivity contribution in [3.63, 3.8) is 0 Å². The number of amides is 1. The SMILES string of the molecule is CC(C)c1noc(-c2cccc(OCC(=O)Nc3ccccc3)c2)n1. The maximum absolute atomic E-state index is 11.9. The van der Waals surface area contributed by atoms with Gasteiger partial charge in [-0.1, -0.05) is 43.3 Å². The number of aromatic nitrogens is 2. The third-order valence-electron chi connectivity index (χ3n) is 3.47. The molecule has 0 atom stereocenters. The van der Waals surface area contributed by atoms with Crippen LogP contribution in [-0.2, 0) is 4.79 Å². The molecular formula is C19H19N3O3. The van der Waals surface area contributed by atoms with Crippen molar-refractivity contribution < 1.29 is 14.1 Å². The molecule has 1 amide bonds. The summed E-state index contributed by atoms with van der Waals surface area (Å²) in [6, 6.07) is 16.5. The maximum atomic E-state index is 11.9. The summed E-state index contributed by atoms with van der Waals surface area (Å²) in [7, 11) is 0. The van der Waals surface area contributed by atoms with Gasteiger partial charge in [0.1, 0.15) is 5.75 Å². The number of anilines is 1. The fourth-order valence-corrected chi connectivity index (χ4v) is 2.17. The molecule has 1 heterocycles. The van der Waals surface area contributed by atoms with Crippen LogP contribution in [-0.4, -0.2) is 22.7 Å². The van der Waals surface area contributed by atoms with Crippen molar-refractivity contribution in [2.24, 2.45) is 0 Å². The number of rotatable bonds is 6. The minimum Gasteiger partial charge on any atom is -0.484 e. The highest BCUT2D eigenvalue weighted by atomic mass is 16.5. The number of hydrogen-bond donors (Lipinski definition) is 1. The molecule has 25 heavy (non-hydrogen) atoms. The summed E-state index contributed by atoms with van der Waals surface area (Å²) >= 11 is 0. The van der Waals surface area contributed by atoms with Crippen LogP contribution >= 0.6 is 0 Å². The minimum absolute atomic E-state index is 0.0839. The topological polar surface area (TPSA) is 77.2 Å². The molecule has 0 aliphatic carbocycles. The number of hydrogen-bond acceptors (Lipinski definition) is 5. The van der Waals surface area contributed by atoms with E-state index in [1.54, 1.807) is 12.1 Å². The summed E-state index contributed by atoms with van der Waals surface area (Å²) in [6.45, 7) is 3.92. The average Bonchev–Trinajstić information content (AvgIpc) is 3.12. The van der Waals surface area contributed by atoms with E-state index in [0.29, 0.717) is 17.5 Å². The first-order chi connectivity index (χ1) is 12.1. The van der Waals surface area contributed by atoms with Gasteiger partial charge in [-0.15, -0.1) is 0 Å². The van der Waals surface area contributed by atoms with Crippen LogP contribution in [0.1, 0.15) is 25.6 Å². The lowest BCUT2D eigenvalue weighted by molar-refractivity contribution is -0.118. The average molecular weight is 337 g/mol. The largest absolute Gasteiger partial charge is 0.484 e. The zero-order valence-corrected chi connectivity index (χ0v) is 14.1. The molecule has 6 nitrogen and oxygen atoms in total. The molecule has 0 saturated carbocycles. The van der Waals surface area contributed by atoms with Gasteiger partial charge in [0.05, 0.1) is 0 Å². The van der Waals surface area contributed by atoms with E-state index >= 15 is 0 Å². The zero-order chi connectivity index (χ0) is 17.6. The second-order valence-electron chi connectivity index (χ2n) is 5.84. The Morgan fingerprint density at radius 2 is 1.96 bits per heavy atom. The highest BCUT2D eigenvalue weighted by molar-refractivity contribution is 5.91. The van der Waals surface area contributed by atoms with Crippen LogP contribution < -0.4 is 10.1 Å². The van der Waals surface area contributed by atoms with Gasteiger partial charge in [0.15, 0.2) is 12.4 Å². The molecule has 1 aromatic heterocycles. The van der Waals surface area contributed by atoms with Crippen molar-refractivity contribution >= 4 is 11.6 Å². The Balaban J connectivity index is 1.62. The van der Waals surface area contributed by atoms with Gasteiger partial charge in [0.2, 0.25) is 0 Å². The monoisotopic (exact) mass is 337 g/mol. The van der Waals surface area contributed by atoms with E-state index in [4.69, 9.17) is 9.26 Å². The fraction of sp³-hybridized carbons (Fsp3) is 0.211. The maximum Gasteiger partial charge on any atom is 0.262 e. The first kappa shape index (κ1) is 16.7. The molecule has 0 saturated heterocycles. The first-order valence-corrected chi connectivity index (χ1v) is 8.03. The molecule has 0 unspecified atom stereocenters. The van der Waals surface area contributed by atoms with E-state index in [1.807, 2.05) is 56.3 Å². The van der Waals surface area contributed by atoms with Gasteiger partial charge in [0.25, 0.3) is 11.8 Å². The quantitative estimate of drug-likeness (QED) is 0.738. The van der Waals surface area contributed by atoms with Gasteiger partial charge in [-0.25, -0.2) is 0 Å². The fourth-order valence-electron chi connectivity index (χ4n) is 2.17. The molecule has 1 N–H and O–H groups in total. The highest BCUT2D eigenvalue weighted by Gasteiger charge is 2.12. The number of para-hydroxylation sites is 1. The third-order valence-corrected chi connectivity index (χ3v) is 3.47. The summed E-state index contributed by atoms with van der Waals surface area (Å²) < 4.78 is 10.8. The number of nitrogens with zero attached hydrogens (tertiary/aromatic N) is 2. The Bertz CT molecular complexity index is 844. The van der Waals surface area contributed by atoms with Crippen molar-refractivity contribution in [3.05, 3.63) is 60.4 Å². The number of ether oxygens (including phenoxy) is 1. The zero-order valence-electron chi connectivity index (χ0n) is 14.1. The van der Waals surface area contributed by atoms with Crippen LogP contribution in [0.25, 0.3) is 11.5 Å². The lowest BCUT2D eigenvalue weighted by atomic mass is 10.2.